The van der Waals surface area contributed by atoms with Gasteiger partial charge in [0.1, 0.15) is 5.69 Å². The maximum Gasteiger partial charge on any atom is 0.280 e. The molecule has 2 aliphatic rings. The summed E-state index contributed by atoms with van der Waals surface area (Å²) in [6.45, 7) is 2.52. The van der Waals surface area contributed by atoms with Crippen molar-refractivity contribution >= 4 is 11.8 Å². The first kappa shape index (κ1) is 13.2. The van der Waals surface area contributed by atoms with Gasteiger partial charge in [0.15, 0.2) is 0 Å². The van der Waals surface area contributed by atoms with Crippen LogP contribution in [-0.2, 0) is 0 Å². The highest BCUT2D eigenvalue weighted by Crippen LogP contribution is 2.39. The lowest BCUT2D eigenvalue weighted by Gasteiger charge is -2.44. The van der Waals surface area contributed by atoms with Crippen LogP contribution < -0.4 is 5.73 Å². The van der Waals surface area contributed by atoms with Gasteiger partial charge in [0.2, 0.25) is 0 Å². The smallest absolute Gasteiger partial charge is 0.280 e. The van der Waals surface area contributed by atoms with Gasteiger partial charge in [-0.3, -0.25) is 19.5 Å². The number of imide groups is 1. The molecule has 2 N–H and O–H groups in total. The fraction of sp³-hybridized carbons (Fsp3) is 0.533. The van der Waals surface area contributed by atoms with Crippen LogP contribution in [0.1, 0.15) is 53.5 Å². The van der Waals surface area contributed by atoms with Gasteiger partial charge < -0.3 is 5.73 Å². The zero-order valence-electron chi connectivity index (χ0n) is 11.6. The average Bonchev–Trinajstić information content (AvgIpc) is 2.74. The van der Waals surface area contributed by atoms with Gasteiger partial charge in [-0.05, 0) is 43.7 Å². The molecule has 1 saturated carbocycles. The Labute approximate surface area is 118 Å². The molecule has 3 rings (SSSR count). The van der Waals surface area contributed by atoms with Gasteiger partial charge >= 0.3 is 0 Å². The lowest BCUT2D eigenvalue weighted by molar-refractivity contribution is 0.0307. The van der Waals surface area contributed by atoms with Crippen molar-refractivity contribution in [2.75, 3.05) is 6.54 Å². The fourth-order valence-corrected chi connectivity index (χ4v) is 3.32. The number of carbonyl (C=O) groups excluding carboxylic acids is 2. The fourth-order valence-electron chi connectivity index (χ4n) is 3.32. The first-order valence-electron chi connectivity index (χ1n) is 7.13. The van der Waals surface area contributed by atoms with Gasteiger partial charge in [-0.25, -0.2) is 0 Å². The Kier molecular flexibility index (Phi) is 3.09. The molecule has 0 spiro atoms. The van der Waals surface area contributed by atoms with Crippen molar-refractivity contribution in [2.24, 2.45) is 11.7 Å². The highest BCUT2D eigenvalue weighted by molar-refractivity contribution is 6.20. The third kappa shape index (κ3) is 1.77. The largest absolute Gasteiger partial charge is 0.328 e. The van der Waals surface area contributed by atoms with Crippen molar-refractivity contribution in [1.82, 2.24) is 9.88 Å². The molecule has 1 aromatic heterocycles. The molecule has 2 amide bonds. The van der Waals surface area contributed by atoms with Crippen molar-refractivity contribution in [3.63, 3.8) is 0 Å². The molecule has 0 atom stereocenters. The molecule has 1 fully saturated rings. The molecule has 0 saturated heterocycles. The molecule has 1 aliphatic carbocycles. The number of amides is 2. The van der Waals surface area contributed by atoms with E-state index in [1.54, 1.807) is 18.3 Å². The molecule has 20 heavy (non-hydrogen) atoms. The van der Waals surface area contributed by atoms with E-state index in [4.69, 9.17) is 5.73 Å². The predicted molar refractivity (Wildman–Crippen MR) is 74.2 cm³/mol. The molecule has 2 heterocycles. The van der Waals surface area contributed by atoms with Crippen LogP contribution in [0.15, 0.2) is 18.3 Å². The molecule has 0 radical (unpaired) electrons. The van der Waals surface area contributed by atoms with Crippen LogP contribution in [0, 0.1) is 5.92 Å². The third-order valence-electron chi connectivity index (χ3n) is 4.71. The summed E-state index contributed by atoms with van der Waals surface area (Å²) in [6.07, 6.45) is 5.12. The number of rotatable bonds is 2. The number of carbonyl (C=O) groups is 2. The minimum Gasteiger partial charge on any atom is -0.328 e. The Morgan fingerprint density at radius 1 is 1.35 bits per heavy atom. The molecule has 1 aromatic rings. The summed E-state index contributed by atoms with van der Waals surface area (Å²) < 4.78 is 0. The van der Waals surface area contributed by atoms with Crippen LogP contribution >= 0.6 is 0 Å². The van der Waals surface area contributed by atoms with Crippen LogP contribution in [-0.4, -0.2) is 33.8 Å². The van der Waals surface area contributed by atoms with Crippen LogP contribution in [0.3, 0.4) is 0 Å². The normalized spacial score (nSPS) is 29.7. The summed E-state index contributed by atoms with van der Waals surface area (Å²) in [6, 6.07) is 3.35. The maximum atomic E-state index is 12.6. The second-order valence-corrected chi connectivity index (χ2v) is 5.96. The second kappa shape index (κ2) is 4.66. The van der Waals surface area contributed by atoms with Gasteiger partial charge in [0.25, 0.3) is 11.8 Å². The van der Waals surface area contributed by atoms with E-state index >= 15 is 0 Å². The third-order valence-corrected chi connectivity index (χ3v) is 4.71. The molecule has 0 aromatic carbocycles. The number of hydrogen-bond donors (Lipinski definition) is 1. The first-order chi connectivity index (χ1) is 9.59. The van der Waals surface area contributed by atoms with Crippen molar-refractivity contribution in [3.05, 3.63) is 29.6 Å². The van der Waals surface area contributed by atoms with Gasteiger partial charge in [0, 0.05) is 12.7 Å². The molecule has 1 aliphatic heterocycles. The molecule has 0 bridgehead atoms. The number of aromatic nitrogens is 1. The van der Waals surface area contributed by atoms with Crippen LogP contribution in [0.2, 0.25) is 0 Å². The Hall–Kier alpha value is -1.75. The lowest BCUT2D eigenvalue weighted by atomic mass is 9.76. The van der Waals surface area contributed by atoms with Gasteiger partial charge in [-0.2, -0.15) is 0 Å². The number of pyridine rings is 1. The number of nitrogens with zero attached hydrogens (tertiary/aromatic N) is 2. The van der Waals surface area contributed by atoms with Gasteiger partial charge in [0.05, 0.1) is 11.1 Å². The Morgan fingerprint density at radius 3 is 2.65 bits per heavy atom. The Balaban J connectivity index is 1.99. The van der Waals surface area contributed by atoms with Gasteiger partial charge in [-0.15, -0.1) is 0 Å². The summed E-state index contributed by atoms with van der Waals surface area (Å²) in [5.41, 5.74) is 6.10. The minimum atomic E-state index is -0.526. The lowest BCUT2D eigenvalue weighted by Crippen LogP contribution is -2.57. The molecule has 106 valence electrons. The van der Waals surface area contributed by atoms with Crippen LogP contribution in [0.25, 0.3) is 0 Å². The quantitative estimate of drug-likeness (QED) is 0.830. The first-order valence-corrected chi connectivity index (χ1v) is 7.13. The van der Waals surface area contributed by atoms with E-state index in [1.807, 2.05) is 0 Å². The maximum absolute atomic E-state index is 12.6. The van der Waals surface area contributed by atoms with Crippen molar-refractivity contribution in [3.8, 4) is 0 Å². The number of hydrogen-bond acceptors (Lipinski definition) is 4. The zero-order valence-corrected chi connectivity index (χ0v) is 11.6. The van der Waals surface area contributed by atoms with Gasteiger partial charge in [-0.1, -0.05) is 6.92 Å². The van der Waals surface area contributed by atoms with Crippen molar-refractivity contribution in [2.45, 2.75) is 38.1 Å². The highest BCUT2D eigenvalue weighted by Gasteiger charge is 2.49. The van der Waals surface area contributed by atoms with Crippen LogP contribution in [0.5, 0.6) is 0 Å². The Morgan fingerprint density at radius 2 is 2.05 bits per heavy atom. The van der Waals surface area contributed by atoms with E-state index in [0.717, 1.165) is 25.7 Å². The van der Waals surface area contributed by atoms with E-state index in [2.05, 4.69) is 11.9 Å². The minimum absolute atomic E-state index is 0.238. The summed E-state index contributed by atoms with van der Waals surface area (Å²) in [5, 5.41) is 0. The number of nitrogens with two attached hydrogens (primary N) is 1. The zero-order chi connectivity index (χ0) is 14.3. The van der Waals surface area contributed by atoms with Crippen LogP contribution in [0.4, 0.5) is 0 Å². The molecule has 0 unspecified atom stereocenters. The monoisotopic (exact) mass is 273 g/mol. The van der Waals surface area contributed by atoms with Crippen molar-refractivity contribution < 1.29 is 9.59 Å². The summed E-state index contributed by atoms with van der Waals surface area (Å²) in [5.74, 6) is 0.103. The standard InChI is InChI=1S/C15H19N3O2/c1-10-4-6-15(9-16,7-5-10)18-13(19)11-3-2-8-17-12(11)14(18)20/h2-3,8,10H,4-7,9,16H2,1H3. The SMILES string of the molecule is CC1CCC(CN)(N2C(=O)c3cccnc3C2=O)CC1. The van der Waals surface area contributed by atoms with E-state index in [-0.39, 0.29) is 17.5 Å². The Bertz CT molecular complexity index is 527. The highest BCUT2D eigenvalue weighted by atomic mass is 16.2. The van der Waals surface area contributed by atoms with E-state index in [0.29, 0.717) is 18.0 Å². The summed E-state index contributed by atoms with van der Waals surface area (Å²) >= 11 is 0. The second-order valence-electron chi connectivity index (χ2n) is 5.96. The number of fused-ring (bicyclic) bond motifs is 1. The predicted octanol–water partition coefficient (Wildman–Crippen LogP) is 1.59. The molecule has 5 nitrogen and oxygen atoms in total. The van der Waals surface area contributed by atoms with Crippen molar-refractivity contribution in [1.29, 1.82) is 0 Å². The summed E-state index contributed by atoms with van der Waals surface area (Å²) in [4.78, 5) is 30.5. The van der Waals surface area contributed by atoms with E-state index < -0.39 is 5.54 Å². The molecular formula is C15H19N3O2. The van der Waals surface area contributed by atoms with E-state index in [9.17, 15) is 9.59 Å². The molecule has 5 heteroatoms. The average molecular weight is 273 g/mol. The topological polar surface area (TPSA) is 76.3 Å². The molecular weight excluding hydrogens is 254 g/mol. The van der Waals surface area contributed by atoms with E-state index in [1.165, 1.54) is 4.90 Å². The summed E-state index contributed by atoms with van der Waals surface area (Å²) in [7, 11) is 0.